The van der Waals surface area contributed by atoms with Gasteiger partial charge in [0.2, 0.25) is 0 Å². The molecule has 4 nitrogen and oxygen atoms in total. The van der Waals surface area contributed by atoms with Crippen molar-refractivity contribution in [1.29, 1.82) is 0 Å². The van der Waals surface area contributed by atoms with Crippen LogP contribution in [0.25, 0.3) is 0 Å². The van der Waals surface area contributed by atoms with Crippen LogP contribution in [0.3, 0.4) is 0 Å². The number of carbonyl (C=O) groups excluding carboxylic acids is 1. The summed E-state index contributed by atoms with van der Waals surface area (Å²) in [6.07, 6.45) is 4.44. The number of hydrogen-bond donors (Lipinski definition) is 0. The Bertz CT molecular complexity index is 743. The molecule has 1 spiro atoms. The summed E-state index contributed by atoms with van der Waals surface area (Å²) >= 11 is 6.06. The van der Waals surface area contributed by atoms with E-state index in [2.05, 4.69) is 16.0 Å². The third-order valence-corrected chi connectivity index (χ3v) is 5.30. The fourth-order valence-electron chi connectivity index (χ4n) is 3.95. The van der Waals surface area contributed by atoms with Gasteiger partial charge in [0.1, 0.15) is 0 Å². The molecule has 0 aliphatic carbocycles. The fraction of sp³-hybridized carbons (Fsp3) is 0.368. The molecule has 1 aromatic carbocycles. The first-order valence-corrected chi connectivity index (χ1v) is 8.68. The average Bonchev–Trinajstić information content (AvgIpc) is 3.00. The van der Waals surface area contributed by atoms with Crippen molar-refractivity contribution in [2.75, 3.05) is 26.2 Å². The van der Waals surface area contributed by atoms with Gasteiger partial charge in [0.15, 0.2) is 0 Å². The van der Waals surface area contributed by atoms with E-state index in [0.29, 0.717) is 0 Å². The van der Waals surface area contributed by atoms with Crippen LogP contribution in [-0.2, 0) is 6.54 Å². The number of likely N-dealkylation sites (tertiary alicyclic amines) is 2. The minimum absolute atomic E-state index is 0.127. The van der Waals surface area contributed by atoms with E-state index in [-0.39, 0.29) is 11.3 Å². The zero-order chi connectivity index (χ0) is 16.6. The number of carbonyl (C=O) groups is 1. The van der Waals surface area contributed by atoms with E-state index >= 15 is 0 Å². The summed E-state index contributed by atoms with van der Waals surface area (Å²) in [5.74, 6) is 0.127. The molecule has 2 saturated heterocycles. The molecule has 0 N–H and O–H groups in total. The van der Waals surface area contributed by atoms with Crippen molar-refractivity contribution in [3.05, 3.63) is 64.9 Å². The Hall–Kier alpha value is -1.91. The molecule has 3 heterocycles. The van der Waals surface area contributed by atoms with Gasteiger partial charge < -0.3 is 4.90 Å². The Morgan fingerprint density at radius 2 is 1.96 bits per heavy atom. The predicted octanol–water partition coefficient (Wildman–Crippen LogP) is 3.08. The van der Waals surface area contributed by atoms with E-state index in [1.54, 1.807) is 24.5 Å². The number of hydrogen-bond acceptors (Lipinski definition) is 3. The molecule has 5 heteroatoms. The number of benzene rings is 1. The van der Waals surface area contributed by atoms with Crippen LogP contribution in [-0.4, -0.2) is 46.9 Å². The quantitative estimate of drug-likeness (QED) is 0.860. The summed E-state index contributed by atoms with van der Waals surface area (Å²) in [5.41, 5.74) is 2.26. The van der Waals surface area contributed by atoms with E-state index in [4.69, 9.17) is 11.6 Å². The minimum atomic E-state index is 0.127. The molecule has 0 radical (unpaired) electrons. The number of pyridine rings is 1. The normalized spacial score (nSPS) is 19.5. The van der Waals surface area contributed by atoms with Crippen LogP contribution < -0.4 is 0 Å². The van der Waals surface area contributed by atoms with Crippen LogP contribution in [0.5, 0.6) is 0 Å². The minimum Gasteiger partial charge on any atom is -0.338 e. The molecular weight excluding hydrogens is 322 g/mol. The zero-order valence-corrected chi connectivity index (χ0v) is 14.2. The Kier molecular flexibility index (Phi) is 4.02. The Morgan fingerprint density at radius 1 is 1.17 bits per heavy atom. The average molecular weight is 342 g/mol. The fourth-order valence-corrected chi connectivity index (χ4v) is 4.16. The molecule has 0 atom stereocenters. The van der Waals surface area contributed by atoms with Crippen LogP contribution in [0.1, 0.15) is 22.3 Å². The van der Waals surface area contributed by atoms with Gasteiger partial charge in [0.05, 0.1) is 0 Å². The smallest absolute Gasteiger partial charge is 0.253 e. The number of halogens is 1. The summed E-state index contributed by atoms with van der Waals surface area (Å²) in [7, 11) is 0. The molecular formula is C19H20ClN3O. The highest BCUT2D eigenvalue weighted by atomic mass is 35.5. The highest BCUT2D eigenvalue weighted by molar-refractivity contribution is 6.30. The van der Waals surface area contributed by atoms with Crippen molar-refractivity contribution >= 4 is 17.5 Å². The number of rotatable bonds is 3. The Balaban J connectivity index is 1.34. The first-order valence-electron chi connectivity index (χ1n) is 8.30. The largest absolute Gasteiger partial charge is 0.338 e. The van der Waals surface area contributed by atoms with Crippen molar-refractivity contribution in [2.24, 2.45) is 5.41 Å². The molecule has 4 rings (SSSR count). The second kappa shape index (κ2) is 6.19. The second-order valence-electron chi connectivity index (χ2n) is 6.99. The highest BCUT2D eigenvalue weighted by Crippen LogP contribution is 2.40. The van der Waals surface area contributed by atoms with Crippen molar-refractivity contribution < 1.29 is 4.79 Å². The Labute approximate surface area is 147 Å². The van der Waals surface area contributed by atoms with Crippen LogP contribution >= 0.6 is 11.6 Å². The van der Waals surface area contributed by atoms with Crippen LogP contribution in [0.2, 0.25) is 5.02 Å². The van der Waals surface area contributed by atoms with Gasteiger partial charge in [-0.05, 0) is 36.2 Å². The summed E-state index contributed by atoms with van der Waals surface area (Å²) in [4.78, 5) is 21.0. The van der Waals surface area contributed by atoms with Gasteiger partial charge in [-0.15, -0.1) is 0 Å². The lowest BCUT2D eigenvalue weighted by molar-refractivity contribution is 0.00261. The lowest BCUT2D eigenvalue weighted by Gasteiger charge is -2.48. The van der Waals surface area contributed by atoms with Crippen molar-refractivity contribution in [2.45, 2.75) is 13.0 Å². The standard InChI is InChI=1S/C19H20ClN3O/c20-17-3-1-2-15(10-17)11-22-12-19(13-22)6-9-23(14-19)18(24)16-4-7-21-8-5-16/h1-5,7-8,10H,6,9,11-14H2. The lowest BCUT2D eigenvalue weighted by Crippen LogP contribution is -2.57. The van der Waals surface area contributed by atoms with E-state index in [9.17, 15) is 4.79 Å². The highest BCUT2D eigenvalue weighted by Gasteiger charge is 2.48. The molecule has 0 saturated carbocycles. The molecule has 124 valence electrons. The maximum atomic E-state index is 12.6. The SMILES string of the molecule is O=C(c1ccncc1)N1CCC2(CN(Cc3cccc(Cl)c3)C2)C1. The third kappa shape index (κ3) is 3.04. The van der Waals surface area contributed by atoms with Gasteiger partial charge in [-0.2, -0.15) is 0 Å². The molecule has 1 aromatic heterocycles. The predicted molar refractivity (Wildman–Crippen MR) is 93.9 cm³/mol. The summed E-state index contributed by atoms with van der Waals surface area (Å²) in [6.45, 7) is 4.76. The number of aromatic nitrogens is 1. The molecule has 0 bridgehead atoms. The van der Waals surface area contributed by atoms with Crippen LogP contribution in [0.15, 0.2) is 48.8 Å². The molecule has 2 aliphatic heterocycles. The molecule has 2 fully saturated rings. The topological polar surface area (TPSA) is 36.4 Å². The van der Waals surface area contributed by atoms with Gasteiger partial charge in [-0.1, -0.05) is 23.7 Å². The third-order valence-electron chi connectivity index (χ3n) is 5.07. The van der Waals surface area contributed by atoms with E-state index < -0.39 is 0 Å². The van der Waals surface area contributed by atoms with E-state index in [0.717, 1.165) is 49.7 Å². The maximum absolute atomic E-state index is 12.6. The van der Waals surface area contributed by atoms with Gasteiger partial charge in [0, 0.05) is 61.1 Å². The Morgan fingerprint density at radius 3 is 2.71 bits per heavy atom. The molecule has 2 aromatic rings. The molecule has 1 amide bonds. The second-order valence-corrected chi connectivity index (χ2v) is 7.42. The van der Waals surface area contributed by atoms with Gasteiger partial charge >= 0.3 is 0 Å². The summed E-state index contributed by atoms with van der Waals surface area (Å²) in [5, 5.41) is 0.790. The van der Waals surface area contributed by atoms with Crippen molar-refractivity contribution in [3.8, 4) is 0 Å². The van der Waals surface area contributed by atoms with Crippen LogP contribution in [0, 0.1) is 5.41 Å². The van der Waals surface area contributed by atoms with Gasteiger partial charge in [-0.25, -0.2) is 0 Å². The summed E-state index contributed by atoms with van der Waals surface area (Å²) < 4.78 is 0. The van der Waals surface area contributed by atoms with Gasteiger partial charge in [0.25, 0.3) is 5.91 Å². The maximum Gasteiger partial charge on any atom is 0.253 e. The number of nitrogens with zero attached hydrogens (tertiary/aromatic N) is 3. The number of amides is 1. The van der Waals surface area contributed by atoms with Crippen molar-refractivity contribution in [3.63, 3.8) is 0 Å². The lowest BCUT2D eigenvalue weighted by atomic mass is 9.79. The molecule has 0 unspecified atom stereocenters. The summed E-state index contributed by atoms with van der Waals surface area (Å²) in [6, 6.07) is 11.6. The van der Waals surface area contributed by atoms with E-state index in [1.807, 2.05) is 23.1 Å². The first-order chi connectivity index (χ1) is 11.6. The van der Waals surface area contributed by atoms with Crippen LogP contribution in [0.4, 0.5) is 0 Å². The zero-order valence-electron chi connectivity index (χ0n) is 13.5. The monoisotopic (exact) mass is 341 g/mol. The van der Waals surface area contributed by atoms with Gasteiger partial charge in [-0.3, -0.25) is 14.7 Å². The van der Waals surface area contributed by atoms with Crippen molar-refractivity contribution in [1.82, 2.24) is 14.8 Å². The first kappa shape index (κ1) is 15.6. The molecule has 24 heavy (non-hydrogen) atoms. The van der Waals surface area contributed by atoms with E-state index in [1.165, 1.54) is 5.56 Å². The molecule has 2 aliphatic rings.